The third kappa shape index (κ3) is 27.4. The van der Waals surface area contributed by atoms with Gasteiger partial charge in [0, 0.05) is 5.41 Å². The first-order chi connectivity index (χ1) is 16.6. The first kappa shape index (κ1) is 35.5. The van der Waals surface area contributed by atoms with Crippen molar-refractivity contribution >= 4 is 17.2 Å². The molecule has 8 nitrogen and oxygen atoms in total. The van der Waals surface area contributed by atoms with Gasteiger partial charge in [-0.25, -0.2) is 9.78 Å². The van der Waals surface area contributed by atoms with E-state index in [-0.39, 0.29) is 13.2 Å². The van der Waals surface area contributed by atoms with Crippen LogP contribution in [0.15, 0.2) is 0 Å². The van der Waals surface area contributed by atoms with Crippen LogP contribution in [-0.2, 0) is 28.2 Å². The Morgan fingerprint density at radius 1 is 0.600 bits per heavy atom. The molecule has 0 unspecified atom stereocenters. The minimum Gasteiger partial charge on any atom is -0.328 e. The fraction of sp³-hybridized carbons (Fsp3) is 1.00. The van der Waals surface area contributed by atoms with Gasteiger partial charge < -0.3 is 18.8 Å². The Kier molecular flexibility index (Phi) is 24.0. The van der Waals surface area contributed by atoms with E-state index in [0.717, 1.165) is 37.5 Å². The Morgan fingerprint density at radius 2 is 1.00 bits per heavy atom. The van der Waals surface area contributed by atoms with E-state index in [1.54, 1.807) is 0 Å². The molecule has 35 heavy (non-hydrogen) atoms. The van der Waals surface area contributed by atoms with Gasteiger partial charge in [-0.15, -0.1) is 0 Å². The Bertz CT molecular complexity index is 427. The lowest BCUT2D eigenvalue weighted by molar-refractivity contribution is -0.271. The van der Waals surface area contributed by atoms with E-state index in [1.807, 2.05) is 13.8 Å². The fourth-order valence-corrected chi connectivity index (χ4v) is 4.56. The molecule has 0 aliphatic heterocycles. The van der Waals surface area contributed by atoms with Gasteiger partial charge in [0.2, 0.25) is 0 Å². The van der Waals surface area contributed by atoms with Crippen molar-refractivity contribution in [1.82, 2.24) is 0 Å². The van der Waals surface area contributed by atoms with Crippen LogP contribution in [-0.4, -0.2) is 36.2 Å². The molecule has 0 fully saturated rings. The van der Waals surface area contributed by atoms with Crippen molar-refractivity contribution in [3.05, 3.63) is 0 Å². The van der Waals surface area contributed by atoms with E-state index in [0.29, 0.717) is 13.2 Å². The van der Waals surface area contributed by atoms with Crippen LogP contribution in [0.5, 0.6) is 0 Å². The largest absolute Gasteiger partial charge is 0.392 e. The molecule has 0 saturated heterocycles. The molecule has 0 aliphatic rings. The summed E-state index contributed by atoms with van der Waals surface area (Å²) in [4.78, 5) is 28.6. The Hall–Kier alpha value is 0.540. The van der Waals surface area contributed by atoms with Crippen LogP contribution in [0.1, 0.15) is 119 Å². The molecule has 0 radical (unpaired) electrons. The maximum atomic E-state index is 8.98. The molecule has 0 aromatic rings. The maximum Gasteiger partial charge on any atom is 0.392 e. The third-order valence-corrected chi connectivity index (χ3v) is 6.53. The van der Waals surface area contributed by atoms with Crippen molar-refractivity contribution in [2.75, 3.05) is 26.4 Å². The number of unbranched alkanes of at least 4 members (excludes halogenated alkanes) is 8. The van der Waals surface area contributed by atoms with E-state index in [2.05, 4.69) is 27.7 Å². The quantitative estimate of drug-likeness (QED) is 0.0485. The van der Waals surface area contributed by atoms with Crippen LogP contribution < -0.4 is 0 Å². The van der Waals surface area contributed by atoms with Gasteiger partial charge in [-0.05, 0) is 24.7 Å². The SMILES string of the molecule is CC(C)CCCCCCCOOP(OCC(C)(C)COP(O)O)OOCCCCCCCC(C)C. The van der Waals surface area contributed by atoms with Gasteiger partial charge in [-0.3, -0.25) is 0 Å². The summed E-state index contributed by atoms with van der Waals surface area (Å²) >= 11 is 0. The molecule has 0 saturated carbocycles. The van der Waals surface area contributed by atoms with E-state index in [9.17, 15) is 0 Å². The highest BCUT2D eigenvalue weighted by Crippen LogP contribution is 2.42. The number of rotatable bonds is 26. The van der Waals surface area contributed by atoms with Crippen LogP contribution in [0.3, 0.4) is 0 Å². The summed E-state index contributed by atoms with van der Waals surface area (Å²) in [7, 11) is -4.25. The highest BCUT2D eigenvalue weighted by atomic mass is 31.2. The van der Waals surface area contributed by atoms with Gasteiger partial charge in [-0.1, -0.05) is 106 Å². The zero-order chi connectivity index (χ0) is 26.4. The van der Waals surface area contributed by atoms with Crippen LogP contribution in [0.25, 0.3) is 0 Å². The van der Waals surface area contributed by atoms with E-state index >= 15 is 0 Å². The molecule has 0 aliphatic carbocycles. The second-order valence-corrected chi connectivity index (χ2v) is 12.6. The molecule has 0 rings (SSSR count). The Labute approximate surface area is 217 Å². The van der Waals surface area contributed by atoms with Crippen LogP contribution in [0.2, 0.25) is 0 Å². The normalized spacial score (nSPS) is 12.7. The minimum absolute atomic E-state index is 0.129. The van der Waals surface area contributed by atoms with Gasteiger partial charge in [0.25, 0.3) is 0 Å². The summed E-state index contributed by atoms with van der Waals surface area (Å²) < 4.78 is 21.4. The Morgan fingerprint density at radius 3 is 1.43 bits per heavy atom. The summed E-state index contributed by atoms with van der Waals surface area (Å²) in [5, 5.41) is 0. The van der Waals surface area contributed by atoms with Crippen molar-refractivity contribution in [1.29, 1.82) is 0 Å². The summed E-state index contributed by atoms with van der Waals surface area (Å²) in [5.41, 5.74) is -0.467. The van der Waals surface area contributed by atoms with Gasteiger partial charge >= 0.3 is 17.2 Å². The fourth-order valence-electron chi connectivity index (χ4n) is 3.21. The molecule has 212 valence electrons. The van der Waals surface area contributed by atoms with Crippen molar-refractivity contribution in [2.45, 2.75) is 119 Å². The lowest BCUT2D eigenvalue weighted by Crippen LogP contribution is -2.24. The molecule has 0 heterocycles. The van der Waals surface area contributed by atoms with Crippen molar-refractivity contribution in [3.8, 4) is 0 Å². The third-order valence-electron chi connectivity index (χ3n) is 5.38. The summed E-state index contributed by atoms with van der Waals surface area (Å²) in [6.07, 6.45) is 14.1. The van der Waals surface area contributed by atoms with Crippen molar-refractivity contribution in [2.24, 2.45) is 17.3 Å². The first-order valence-electron chi connectivity index (χ1n) is 13.5. The van der Waals surface area contributed by atoms with Crippen LogP contribution in [0.4, 0.5) is 0 Å². The highest BCUT2D eigenvalue weighted by molar-refractivity contribution is 7.41. The van der Waals surface area contributed by atoms with Crippen LogP contribution in [0, 0.1) is 17.3 Å². The molecule has 0 amide bonds. The second kappa shape index (κ2) is 23.6. The zero-order valence-corrected chi connectivity index (χ0v) is 25.0. The number of hydrogen-bond donors (Lipinski definition) is 2. The predicted molar refractivity (Wildman–Crippen MR) is 143 cm³/mol. The smallest absolute Gasteiger partial charge is 0.328 e. The standard InChI is InChI=1S/C25H54O8P2/c1-23(2)17-13-9-7-11-15-19-28-32-35(31-22-25(5,6)21-30-34(26)27)33-29-20-16-12-8-10-14-18-24(3)4/h23-24,26-27H,7-22H2,1-6H3. The van der Waals surface area contributed by atoms with Crippen LogP contribution >= 0.6 is 17.2 Å². The average molecular weight is 545 g/mol. The van der Waals surface area contributed by atoms with Gasteiger partial charge in [0.1, 0.15) is 0 Å². The predicted octanol–water partition coefficient (Wildman–Crippen LogP) is 8.37. The van der Waals surface area contributed by atoms with E-state index < -0.39 is 22.6 Å². The molecule has 0 bridgehead atoms. The first-order valence-corrected chi connectivity index (χ1v) is 15.7. The second-order valence-electron chi connectivity index (χ2n) is 10.9. The molecule has 0 atom stereocenters. The maximum absolute atomic E-state index is 8.98. The molecule has 10 heteroatoms. The minimum atomic E-state index is -2.40. The summed E-state index contributed by atoms with van der Waals surface area (Å²) in [6.45, 7) is 14.1. The topological polar surface area (TPSA) is 95.8 Å². The van der Waals surface area contributed by atoms with E-state index in [1.165, 1.54) is 51.4 Å². The Balaban J connectivity index is 4.13. The lowest BCUT2D eigenvalue weighted by atomic mass is 9.97. The zero-order valence-electron chi connectivity index (χ0n) is 23.2. The van der Waals surface area contributed by atoms with Crippen molar-refractivity contribution < 1.29 is 38.0 Å². The number of hydrogen-bond acceptors (Lipinski definition) is 8. The summed E-state index contributed by atoms with van der Waals surface area (Å²) in [5.74, 6) is 1.54. The molecule has 0 aromatic heterocycles. The van der Waals surface area contributed by atoms with Gasteiger partial charge in [0.15, 0.2) is 0 Å². The molecular weight excluding hydrogens is 490 g/mol. The lowest BCUT2D eigenvalue weighted by Gasteiger charge is -2.25. The van der Waals surface area contributed by atoms with E-state index in [4.69, 9.17) is 38.0 Å². The molecule has 0 aromatic carbocycles. The van der Waals surface area contributed by atoms with Gasteiger partial charge in [-0.2, -0.15) is 9.35 Å². The summed E-state index contributed by atoms with van der Waals surface area (Å²) in [6, 6.07) is 0. The van der Waals surface area contributed by atoms with Crippen molar-refractivity contribution in [3.63, 3.8) is 0 Å². The average Bonchev–Trinajstić information content (AvgIpc) is 2.78. The monoisotopic (exact) mass is 544 g/mol. The molecule has 2 N–H and O–H groups in total. The molecular formula is C25H54O8P2. The molecule has 0 spiro atoms. The highest BCUT2D eigenvalue weighted by Gasteiger charge is 2.25. The van der Waals surface area contributed by atoms with Gasteiger partial charge in [0.05, 0.1) is 26.4 Å².